The molecule has 2 heterocycles. The van der Waals surface area contributed by atoms with Crippen molar-refractivity contribution in [1.82, 2.24) is 10.2 Å². The fraction of sp³-hybridized carbons (Fsp3) is 0.600. The topological polar surface area (TPSA) is 67.9 Å². The average molecular weight is 326 g/mol. The zero-order valence-electron chi connectivity index (χ0n) is 12.7. The standard InChI is InChI=1S/C15H22N2O4S/c1-20-8-9-21-11-14(18)17-6-4-12(5-7-17)16-15(19)13-3-2-10-22-13/h2-3,10,12H,4-9,11H2,1H3,(H,16,19). The third-order valence-electron chi connectivity index (χ3n) is 3.59. The van der Waals surface area contributed by atoms with E-state index >= 15 is 0 Å². The van der Waals surface area contributed by atoms with Crippen molar-refractivity contribution < 1.29 is 19.1 Å². The van der Waals surface area contributed by atoms with Gasteiger partial charge in [-0.25, -0.2) is 0 Å². The number of piperidine rings is 1. The second kappa shape index (κ2) is 8.87. The molecule has 0 atom stereocenters. The third-order valence-corrected chi connectivity index (χ3v) is 4.45. The summed E-state index contributed by atoms with van der Waals surface area (Å²) in [6.07, 6.45) is 1.56. The molecule has 2 amide bonds. The highest BCUT2D eigenvalue weighted by Crippen LogP contribution is 2.13. The molecule has 7 heteroatoms. The highest BCUT2D eigenvalue weighted by molar-refractivity contribution is 7.12. The maximum atomic E-state index is 12.0. The lowest BCUT2D eigenvalue weighted by Gasteiger charge is -2.32. The van der Waals surface area contributed by atoms with Gasteiger partial charge < -0.3 is 19.7 Å². The Morgan fingerprint density at radius 2 is 2.14 bits per heavy atom. The van der Waals surface area contributed by atoms with Gasteiger partial charge in [-0.3, -0.25) is 9.59 Å². The maximum Gasteiger partial charge on any atom is 0.261 e. The number of carbonyl (C=O) groups excluding carboxylic acids is 2. The van der Waals surface area contributed by atoms with Crippen LogP contribution in [0.1, 0.15) is 22.5 Å². The summed E-state index contributed by atoms with van der Waals surface area (Å²) in [7, 11) is 1.60. The zero-order chi connectivity index (χ0) is 15.8. The second-order valence-corrected chi connectivity index (χ2v) is 6.10. The predicted octanol–water partition coefficient (Wildman–Crippen LogP) is 1.13. The van der Waals surface area contributed by atoms with Gasteiger partial charge in [-0.2, -0.15) is 0 Å². The first kappa shape index (κ1) is 16.9. The Labute approximate surface area is 134 Å². The van der Waals surface area contributed by atoms with Crippen molar-refractivity contribution in [2.24, 2.45) is 0 Å². The van der Waals surface area contributed by atoms with E-state index in [0.717, 1.165) is 17.7 Å². The van der Waals surface area contributed by atoms with Crippen LogP contribution in [0.3, 0.4) is 0 Å². The molecule has 22 heavy (non-hydrogen) atoms. The van der Waals surface area contributed by atoms with E-state index in [4.69, 9.17) is 9.47 Å². The van der Waals surface area contributed by atoms with E-state index < -0.39 is 0 Å². The van der Waals surface area contributed by atoms with Crippen LogP contribution in [0.5, 0.6) is 0 Å². The van der Waals surface area contributed by atoms with Crippen molar-refractivity contribution in [2.75, 3.05) is 40.0 Å². The zero-order valence-corrected chi connectivity index (χ0v) is 13.6. The van der Waals surface area contributed by atoms with Crippen molar-refractivity contribution in [3.63, 3.8) is 0 Å². The minimum absolute atomic E-state index is 0.000800. The van der Waals surface area contributed by atoms with E-state index in [2.05, 4.69) is 5.32 Å². The van der Waals surface area contributed by atoms with Crippen LogP contribution in [0.15, 0.2) is 17.5 Å². The van der Waals surface area contributed by atoms with Gasteiger partial charge in [0, 0.05) is 26.2 Å². The summed E-state index contributed by atoms with van der Waals surface area (Å²) in [4.78, 5) is 26.4. The summed E-state index contributed by atoms with van der Waals surface area (Å²) in [5.74, 6) is -0.0261. The first-order valence-electron chi connectivity index (χ1n) is 7.39. The molecule has 0 aliphatic carbocycles. The summed E-state index contributed by atoms with van der Waals surface area (Å²) in [5, 5.41) is 4.92. The number of likely N-dealkylation sites (tertiary alicyclic amines) is 1. The molecule has 0 bridgehead atoms. The summed E-state index contributed by atoms with van der Waals surface area (Å²) < 4.78 is 10.1. The Hall–Kier alpha value is -1.44. The van der Waals surface area contributed by atoms with Gasteiger partial charge in [-0.05, 0) is 24.3 Å². The molecule has 1 aliphatic heterocycles. The number of thiophene rings is 1. The first-order valence-corrected chi connectivity index (χ1v) is 8.27. The Balaban J connectivity index is 1.67. The first-order chi connectivity index (χ1) is 10.7. The SMILES string of the molecule is COCCOCC(=O)N1CCC(NC(=O)c2cccs2)CC1. The van der Waals surface area contributed by atoms with Crippen molar-refractivity contribution in [3.8, 4) is 0 Å². The lowest BCUT2D eigenvalue weighted by molar-refractivity contribution is -0.137. The second-order valence-electron chi connectivity index (χ2n) is 5.15. The number of hydrogen-bond acceptors (Lipinski definition) is 5. The van der Waals surface area contributed by atoms with Crippen molar-refractivity contribution in [2.45, 2.75) is 18.9 Å². The molecule has 0 aromatic carbocycles. The van der Waals surface area contributed by atoms with Gasteiger partial charge in [-0.1, -0.05) is 6.07 Å². The molecule has 0 unspecified atom stereocenters. The number of carbonyl (C=O) groups is 2. The molecule has 2 rings (SSSR count). The highest BCUT2D eigenvalue weighted by Gasteiger charge is 2.24. The quantitative estimate of drug-likeness (QED) is 0.763. The fourth-order valence-electron chi connectivity index (χ4n) is 2.33. The number of amides is 2. The van der Waals surface area contributed by atoms with Crippen LogP contribution in [0.2, 0.25) is 0 Å². The molecular weight excluding hydrogens is 304 g/mol. The van der Waals surface area contributed by atoms with E-state index in [1.54, 1.807) is 12.0 Å². The molecule has 0 spiro atoms. The number of nitrogens with one attached hydrogen (secondary N) is 1. The van der Waals surface area contributed by atoms with Crippen molar-refractivity contribution in [3.05, 3.63) is 22.4 Å². The smallest absolute Gasteiger partial charge is 0.261 e. The van der Waals surface area contributed by atoms with E-state index in [1.165, 1.54) is 11.3 Å². The highest BCUT2D eigenvalue weighted by atomic mass is 32.1. The molecule has 1 saturated heterocycles. The Morgan fingerprint density at radius 3 is 2.77 bits per heavy atom. The van der Waals surface area contributed by atoms with Crippen molar-refractivity contribution in [1.29, 1.82) is 0 Å². The van der Waals surface area contributed by atoms with E-state index in [1.807, 2.05) is 17.5 Å². The molecule has 122 valence electrons. The lowest BCUT2D eigenvalue weighted by Crippen LogP contribution is -2.47. The van der Waals surface area contributed by atoms with Crippen LogP contribution in [0.4, 0.5) is 0 Å². The molecule has 1 aromatic rings. The monoisotopic (exact) mass is 326 g/mol. The van der Waals surface area contributed by atoms with Gasteiger partial charge in [0.25, 0.3) is 5.91 Å². The number of ether oxygens (including phenoxy) is 2. The van der Waals surface area contributed by atoms with Gasteiger partial charge in [0.15, 0.2) is 0 Å². The van der Waals surface area contributed by atoms with Gasteiger partial charge in [-0.15, -0.1) is 11.3 Å². The summed E-state index contributed by atoms with van der Waals surface area (Å²) in [5.41, 5.74) is 0. The molecular formula is C15H22N2O4S. The van der Waals surface area contributed by atoms with Crippen LogP contribution in [-0.2, 0) is 14.3 Å². The third kappa shape index (κ3) is 5.08. The summed E-state index contributed by atoms with van der Waals surface area (Å²) in [6.45, 7) is 2.32. The number of nitrogens with zero attached hydrogens (tertiary/aromatic N) is 1. The normalized spacial score (nSPS) is 15.8. The van der Waals surface area contributed by atoms with Crippen LogP contribution < -0.4 is 5.32 Å². The largest absolute Gasteiger partial charge is 0.382 e. The molecule has 0 radical (unpaired) electrons. The van der Waals surface area contributed by atoms with Crippen LogP contribution in [0.25, 0.3) is 0 Å². The molecule has 1 N–H and O–H groups in total. The predicted molar refractivity (Wildman–Crippen MR) is 84.1 cm³/mol. The van der Waals surface area contributed by atoms with Crippen LogP contribution in [-0.4, -0.2) is 62.8 Å². The summed E-state index contributed by atoms with van der Waals surface area (Å²) in [6, 6.07) is 3.81. The minimum Gasteiger partial charge on any atom is -0.382 e. The van der Waals surface area contributed by atoms with Crippen LogP contribution >= 0.6 is 11.3 Å². The van der Waals surface area contributed by atoms with E-state index in [-0.39, 0.29) is 24.5 Å². The number of rotatable bonds is 7. The minimum atomic E-state index is -0.0253. The van der Waals surface area contributed by atoms with Gasteiger partial charge in [0.2, 0.25) is 5.91 Å². The molecule has 1 aliphatic rings. The Bertz CT molecular complexity index is 470. The van der Waals surface area contributed by atoms with E-state index in [0.29, 0.717) is 26.3 Å². The molecule has 1 fully saturated rings. The van der Waals surface area contributed by atoms with Crippen LogP contribution in [0, 0.1) is 0 Å². The molecule has 0 saturated carbocycles. The van der Waals surface area contributed by atoms with Gasteiger partial charge in [0.1, 0.15) is 6.61 Å². The summed E-state index contributed by atoms with van der Waals surface area (Å²) >= 11 is 1.43. The average Bonchev–Trinajstić information content (AvgIpc) is 3.06. The number of hydrogen-bond donors (Lipinski definition) is 1. The Morgan fingerprint density at radius 1 is 1.36 bits per heavy atom. The Kier molecular flexibility index (Phi) is 6.82. The number of methoxy groups -OCH3 is 1. The fourth-order valence-corrected chi connectivity index (χ4v) is 2.96. The van der Waals surface area contributed by atoms with Gasteiger partial charge >= 0.3 is 0 Å². The molecule has 1 aromatic heterocycles. The lowest BCUT2D eigenvalue weighted by atomic mass is 10.0. The van der Waals surface area contributed by atoms with Gasteiger partial charge in [0.05, 0.1) is 18.1 Å². The van der Waals surface area contributed by atoms with Crippen molar-refractivity contribution >= 4 is 23.2 Å². The maximum absolute atomic E-state index is 12.0. The molecule has 6 nitrogen and oxygen atoms in total. The van der Waals surface area contributed by atoms with E-state index in [9.17, 15) is 9.59 Å².